The zero-order valence-corrected chi connectivity index (χ0v) is 21.8. The summed E-state index contributed by atoms with van der Waals surface area (Å²) in [7, 11) is 0. The van der Waals surface area contributed by atoms with Crippen LogP contribution in [-0.4, -0.2) is 4.57 Å². The topological polar surface area (TPSA) is 18.1 Å². The normalized spacial score (nSPS) is 11.7. The monoisotopic (exact) mass is 501 g/mol. The van der Waals surface area contributed by atoms with Gasteiger partial charge in [0, 0.05) is 27.5 Å². The summed E-state index contributed by atoms with van der Waals surface area (Å²) in [5.74, 6) is 0. The van der Waals surface area contributed by atoms with Gasteiger partial charge < -0.3 is 8.98 Å². The molecule has 0 unspecified atom stereocenters. The molecule has 5 aromatic carbocycles. The highest BCUT2D eigenvalue weighted by atomic mass is 16.3. The third-order valence-electron chi connectivity index (χ3n) is 7.62. The molecule has 0 spiro atoms. The highest BCUT2D eigenvalue weighted by Gasteiger charge is 2.15. The summed E-state index contributed by atoms with van der Waals surface area (Å²) in [6.45, 7) is 6.10. The van der Waals surface area contributed by atoms with E-state index in [0.717, 1.165) is 44.1 Å². The molecule has 0 aliphatic heterocycles. The van der Waals surface area contributed by atoms with Crippen LogP contribution in [0.3, 0.4) is 0 Å². The number of aromatic nitrogens is 1. The van der Waals surface area contributed by atoms with Gasteiger partial charge in [0.2, 0.25) is 0 Å². The summed E-state index contributed by atoms with van der Waals surface area (Å²) >= 11 is 0. The molecule has 0 radical (unpaired) electrons. The molecular formula is C37H27NO. The smallest absolute Gasteiger partial charge is 0.135 e. The van der Waals surface area contributed by atoms with Gasteiger partial charge >= 0.3 is 0 Å². The van der Waals surface area contributed by atoms with Crippen LogP contribution in [0.25, 0.3) is 66.1 Å². The van der Waals surface area contributed by atoms with Crippen LogP contribution in [0.2, 0.25) is 0 Å². The summed E-state index contributed by atoms with van der Waals surface area (Å²) < 4.78 is 8.95. The molecule has 186 valence electrons. The Morgan fingerprint density at radius 2 is 1.13 bits per heavy atom. The number of benzene rings is 5. The highest BCUT2D eigenvalue weighted by Crippen LogP contribution is 2.36. The van der Waals surface area contributed by atoms with Crippen molar-refractivity contribution in [1.29, 1.82) is 0 Å². The van der Waals surface area contributed by atoms with E-state index in [9.17, 15) is 0 Å². The summed E-state index contributed by atoms with van der Waals surface area (Å²) in [6.07, 6.45) is 5.99. The highest BCUT2D eigenvalue weighted by molar-refractivity contribution is 6.18. The molecule has 0 aliphatic carbocycles. The van der Waals surface area contributed by atoms with E-state index in [4.69, 9.17) is 4.42 Å². The molecule has 0 amide bonds. The van der Waals surface area contributed by atoms with Gasteiger partial charge in [0.25, 0.3) is 0 Å². The van der Waals surface area contributed by atoms with Crippen molar-refractivity contribution in [2.24, 2.45) is 0 Å². The molecule has 0 aliphatic rings. The van der Waals surface area contributed by atoms with E-state index >= 15 is 0 Å². The second kappa shape index (κ2) is 9.34. The van der Waals surface area contributed by atoms with E-state index in [1.807, 2.05) is 24.3 Å². The number of hydrogen-bond acceptors (Lipinski definition) is 1. The molecule has 39 heavy (non-hydrogen) atoms. The van der Waals surface area contributed by atoms with Crippen molar-refractivity contribution in [1.82, 2.24) is 4.57 Å². The van der Waals surface area contributed by atoms with Gasteiger partial charge in [-0.15, -0.1) is 0 Å². The van der Waals surface area contributed by atoms with Crippen LogP contribution in [0.4, 0.5) is 0 Å². The zero-order valence-electron chi connectivity index (χ0n) is 21.8. The first-order valence-corrected chi connectivity index (χ1v) is 13.2. The van der Waals surface area contributed by atoms with Crippen LogP contribution in [0, 0.1) is 6.92 Å². The van der Waals surface area contributed by atoms with Gasteiger partial charge in [-0.2, -0.15) is 0 Å². The molecule has 7 aromatic rings. The quantitative estimate of drug-likeness (QED) is 0.220. The molecule has 2 heteroatoms. The maximum atomic E-state index is 6.59. The summed E-state index contributed by atoms with van der Waals surface area (Å²) in [5.41, 5.74) is 6.41. The number of aryl methyl sites for hydroxylation is 1. The molecule has 0 saturated heterocycles. The second-order valence-electron chi connectivity index (χ2n) is 9.83. The van der Waals surface area contributed by atoms with Gasteiger partial charge in [-0.05, 0) is 70.4 Å². The maximum Gasteiger partial charge on any atom is 0.135 e. The predicted octanol–water partition coefficient (Wildman–Crippen LogP) is 10.5. The Kier molecular flexibility index (Phi) is 5.53. The number of fused-ring (bicyclic) bond motifs is 8. The standard InChI is InChI=1S/C37H27NO/c1-3-4-18-34-25(2)27-13-7-10-19-35(27)38(34)26-22-23-30-32-17-9-12-21-37(32)39-36-20-11-8-16-31(36)28-14-5-6-15-29(28)33(30)24-26/h3-24H,1H2,2H3/b18-4-. The summed E-state index contributed by atoms with van der Waals surface area (Å²) in [4.78, 5) is 0. The average Bonchev–Trinajstić information content (AvgIpc) is 3.29. The molecule has 0 N–H and O–H groups in total. The van der Waals surface area contributed by atoms with E-state index in [0.29, 0.717) is 0 Å². The minimum Gasteiger partial charge on any atom is -0.456 e. The van der Waals surface area contributed by atoms with E-state index < -0.39 is 0 Å². The van der Waals surface area contributed by atoms with Crippen molar-refractivity contribution in [3.05, 3.63) is 145 Å². The van der Waals surface area contributed by atoms with E-state index in [1.54, 1.807) is 0 Å². The van der Waals surface area contributed by atoms with Crippen LogP contribution < -0.4 is 0 Å². The molecule has 2 aromatic heterocycles. The molecule has 2 nitrogen and oxygen atoms in total. The van der Waals surface area contributed by atoms with Crippen molar-refractivity contribution in [3.63, 3.8) is 0 Å². The maximum absolute atomic E-state index is 6.59. The van der Waals surface area contributed by atoms with Crippen molar-refractivity contribution < 1.29 is 4.42 Å². The van der Waals surface area contributed by atoms with E-state index in [-0.39, 0.29) is 0 Å². The predicted molar refractivity (Wildman–Crippen MR) is 167 cm³/mol. The number of hydrogen-bond donors (Lipinski definition) is 0. The third-order valence-corrected chi connectivity index (χ3v) is 7.62. The SMILES string of the molecule is C=C/C=C\c1c(C)c2ccccc2n1-c1ccc2c3ccccc3oc3ccccc3c3ccccc3c2c1. The van der Waals surface area contributed by atoms with Crippen LogP contribution in [0.5, 0.6) is 0 Å². The lowest BCUT2D eigenvalue weighted by atomic mass is 10.0. The van der Waals surface area contributed by atoms with Crippen molar-refractivity contribution >= 4 is 60.5 Å². The Balaban J connectivity index is 1.71. The molecule has 2 heterocycles. The van der Waals surface area contributed by atoms with Crippen LogP contribution >= 0.6 is 0 Å². The van der Waals surface area contributed by atoms with Crippen LogP contribution in [0.1, 0.15) is 11.3 Å². The van der Waals surface area contributed by atoms with Crippen LogP contribution in [-0.2, 0) is 0 Å². The van der Waals surface area contributed by atoms with Gasteiger partial charge in [-0.1, -0.05) is 104 Å². The molecule has 0 atom stereocenters. The number of rotatable bonds is 3. The average molecular weight is 502 g/mol. The lowest BCUT2D eigenvalue weighted by Crippen LogP contribution is -1.97. The molecule has 7 rings (SSSR count). The Morgan fingerprint density at radius 3 is 1.79 bits per heavy atom. The fourth-order valence-electron chi connectivity index (χ4n) is 5.81. The Hall–Kier alpha value is -5.08. The first-order chi connectivity index (χ1) is 19.2. The fraction of sp³-hybridized carbons (Fsp3) is 0.0270. The lowest BCUT2D eigenvalue weighted by Gasteiger charge is -2.12. The van der Waals surface area contributed by atoms with Crippen molar-refractivity contribution in [3.8, 4) is 5.69 Å². The van der Waals surface area contributed by atoms with Crippen molar-refractivity contribution in [2.45, 2.75) is 6.92 Å². The van der Waals surface area contributed by atoms with Crippen molar-refractivity contribution in [2.75, 3.05) is 0 Å². The van der Waals surface area contributed by atoms with Crippen LogP contribution in [0.15, 0.2) is 138 Å². The number of allylic oxidation sites excluding steroid dienone is 2. The van der Waals surface area contributed by atoms with E-state index in [2.05, 4.69) is 127 Å². The van der Waals surface area contributed by atoms with Gasteiger partial charge in [-0.3, -0.25) is 0 Å². The minimum atomic E-state index is 0.851. The zero-order chi connectivity index (χ0) is 26.3. The van der Waals surface area contributed by atoms with Gasteiger partial charge in [0.1, 0.15) is 11.2 Å². The fourth-order valence-corrected chi connectivity index (χ4v) is 5.81. The van der Waals surface area contributed by atoms with Gasteiger partial charge in [0.05, 0.1) is 5.52 Å². The van der Waals surface area contributed by atoms with Gasteiger partial charge in [0.15, 0.2) is 0 Å². The number of nitrogens with zero attached hydrogens (tertiary/aromatic N) is 1. The molecule has 0 bridgehead atoms. The number of para-hydroxylation sites is 3. The summed E-state index contributed by atoms with van der Waals surface area (Å²) in [5, 5.41) is 8.05. The van der Waals surface area contributed by atoms with E-state index in [1.165, 1.54) is 27.2 Å². The molecule has 0 saturated carbocycles. The first-order valence-electron chi connectivity index (χ1n) is 13.2. The summed E-state index contributed by atoms with van der Waals surface area (Å²) in [6, 6.07) is 40.7. The third kappa shape index (κ3) is 3.72. The second-order valence-corrected chi connectivity index (χ2v) is 9.83. The Morgan fingerprint density at radius 1 is 0.590 bits per heavy atom. The first kappa shape index (κ1) is 23.1. The Bertz CT molecular complexity index is 2150. The van der Waals surface area contributed by atoms with Gasteiger partial charge in [-0.25, -0.2) is 0 Å². The Labute approximate surface area is 227 Å². The largest absolute Gasteiger partial charge is 0.456 e. The molecule has 0 fully saturated rings. The minimum absolute atomic E-state index is 0.851. The molecular weight excluding hydrogens is 474 g/mol. The lowest BCUT2D eigenvalue weighted by molar-refractivity contribution is 0.663.